The SMILES string of the molecule is CCc1nnc(C2CN(S(=O)(=O)c3cccc4c3OCCO4)CCO2)o1. The molecular weight excluding hydrogens is 362 g/mol. The lowest BCUT2D eigenvalue weighted by molar-refractivity contribution is -0.0178. The number of benzene rings is 1. The summed E-state index contributed by atoms with van der Waals surface area (Å²) in [5.74, 6) is 1.47. The predicted molar refractivity (Wildman–Crippen MR) is 88.6 cm³/mol. The van der Waals surface area contributed by atoms with Gasteiger partial charge in [0.15, 0.2) is 11.5 Å². The van der Waals surface area contributed by atoms with Gasteiger partial charge in [-0.05, 0) is 12.1 Å². The Labute approximate surface area is 150 Å². The van der Waals surface area contributed by atoms with Crippen LogP contribution in [0.3, 0.4) is 0 Å². The number of para-hydroxylation sites is 1. The third kappa shape index (κ3) is 3.04. The molecule has 4 rings (SSSR count). The van der Waals surface area contributed by atoms with Crippen LogP contribution in [-0.2, 0) is 21.2 Å². The van der Waals surface area contributed by atoms with Crippen LogP contribution < -0.4 is 9.47 Å². The number of aromatic nitrogens is 2. The minimum atomic E-state index is -3.78. The molecule has 1 fully saturated rings. The highest BCUT2D eigenvalue weighted by Gasteiger charge is 2.36. The summed E-state index contributed by atoms with van der Waals surface area (Å²) in [5.41, 5.74) is 0. The van der Waals surface area contributed by atoms with Crippen molar-refractivity contribution in [1.29, 1.82) is 0 Å². The Morgan fingerprint density at radius 3 is 2.85 bits per heavy atom. The molecule has 0 bridgehead atoms. The van der Waals surface area contributed by atoms with E-state index in [1.54, 1.807) is 12.1 Å². The molecule has 3 heterocycles. The molecule has 2 aromatic rings. The van der Waals surface area contributed by atoms with E-state index < -0.39 is 16.1 Å². The van der Waals surface area contributed by atoms with Gasteiger partial charge in [-0.15, -0.1) is 10.2 Å². The Morgan fingerprint density at radius 1 is 1.19 bits per heavy atom. The Morgan fingerprint density at radius 2 is 2.04 bits per heavy atom. The molecule has 9 nitrogen and oxygen atoms in total. The fraction of sp³-hybridized carbons (Fsp3) is 0.500. The summed E-state index contributed by atoms with van der Waals surface area (Å²) in [6, 6.07) is 4.86. The van der Waals surface area contributed by atoms with Gasteiger partial charge < -0.3 is 18.6 Å². The van der Waals surface area contributed by atoms with E-state index in [1.807, 2.05) is 6.92 Å². The van der Waals surface area contributed by atoms with Crippen LogP contribution >= 0.6 is 0 Å². The number of hydrogen-bond donors (Lipinski definition) is 0. The summed E-state index contributed by atoms with van der Waals surface area (Å²) >= 11 is 0. The van der Waals surface area contributed by atoms with Gasteiger partial charge >= 0.3 is 0 Å². The Hall–Kier alpha value is -2.17. The molecule has 1 aromatic heterocycles. The third-order valence-corrected chi connectivity index (χ3v) is 6.13. The molecular formula is C16H19N3O6S. The molecule has 0 saturated carbocycles. The van der Waals surface area contributed by atoms with Crippen molar-refractivity contribution in [2.45, 2.75) is 24.3 Å². The number of fused-ring (bicyclic) bond motifs is 1. The van der Waals surface area contributed by atoms with Crippen LogP contribution in [0.2, 0.25) is 0 Å². The van der Waals surface area contributed by atoms with Crippen molar-refractivity contribution in [2.75, 3.05) is 32.9 Å². The molecule has 0 spiro atoms. The number of sulfonamides is 1. The van der Waals surface area contributed by atoms with Crippen molar-refractivity contribution in [3.63, 3.8) is 0 Å². The summed E-state index contributed by atoms with van der Waals surface area (Å²) in [6.45, 7) is 3.17. The number of nitrogens with zero attached hydrogens (tertiary/aromatic N) is 3. The van der Waals surface area contributed by atoms with Gasteiger partial charge in [-0.25, -0.2) is 8.42 Å². The van der Waals surface area contributed by atoms with Crippen molar-refractivity contribution < 1.29 is 27.0 Å². The molecule has 2 aliphatic rings. The largest absolute Gasteiger partial charge is 0.486 e. The first kappa shape index (κ1) is 17.3. The summed E-state index contributed by atoms with van der Waals surface area (Å²) in [5, 5.41) is 7.87. The summed E-state index contributed by atoms with van der Waals surface area (Å²) in [4.78, 5) is 0.0927. The maximum atomic E-state index is 13.2. The Bertz CT molecular complexity index is 897. The average molecular weight is 381 g/mol. The molecule has 0 N–H and O–H groups in total. The zero-order chi connectivity index (χ0) is 18.1. The van der Waals surface area contributed by atoms with Gasteiger partial charge in [-0.2, -0.15) is 4.31 Å². The van der Waals surface area contributed by atoms with Gasteiger partial charge in [0.05, 0.1) is 6.61 Å². The Balaban J connectivity index is 1.62. The fourth-order valence-corrected chi connectivity index (χ4v) is 4.49. The molecule has 140 valence electrons. The van der Waals surface area contributed by atoms with E-state index in [9.17, 15) is 8.42 Å². The molecule has 1 unspecified atom stereocenters. The molecule has 0 amide bonds. The Kier molecular flexibility index (Phi) is 4.55. The molecule has 26 heavy (non-hydrogen) atoms. The molecule has 0 radical (unpaired) electrons. The monoisotopic (exact) mass is 381 g/mol. The molecule has 1 aromatic carbocycles. The number of morpholine rings is 1. The van der Waals surface area contributed by atoms with E-state index >= 15 is 0 Å². The van der Waals surface area contributed by atoms with E-state index in [1.165, 1.54) is 10.4 Å². The van der Waals surface area contributed by atoms with Crippen molar-refractivity contribution in [1.82, 2.24) is 14.5 Å². The lowest BCUT2D eigenvalue weighted by atomic mass is 10.3. The van der Waals surface area contributed by atoms with Crippen molar-refractivity contribution in [2.24, 2.45) is 0 Å². The van der Waals surface area contributed by atoms with E-state index in [0.717, 1.165) is 0 Å². The van der Waals surface area contributed by atoms with Crippen molar-refractivity contribution in [3.05, 3.63) is 30.0 Å². The van der Waals surface area contributed by atoms with Crippen LogP contribution in [0.15, 0.2) is 27.5 Å². The molecule has 10 heteroatoms. The summed E-state index contributed by atoms with van der Waals surface area (Å²) in [6.07, 6.45) is 0.0120. The van der Waals surface area contributed by atoms with Crippen molar-refractivity contribution in [3.8, 4) is 11.5 Å². The average Bonchev–Trinajstić information content (AvgIpc) is 3.17. The smallest absolute Gasteiger partial charge is 0.247 e. The highest BCUT2D eigenvalue weighted by molar-refractivity contribution is 7.89. The molecule has 0 aliphatic carbocycles. The lowest BCUT2D eigenvalue weighted by Gasteiger charge is -2.31. The van der Waals surface area contributed by atoms with Gasteiger partial charge in [0.1, 0.15) is 24.2 Å². The highest BCUT2D eigenvalue weighted by atomic mass is 32.2. The van der Waals surface area contributed by atoms with Gasteiger partial charge in [0, 0.05) is 19.5 Å². The van der Waals surface area contributed by atoms with Crippen LogP contribution in [-0.4, -0.2) is 55.8 Å². The first-order valence-corrected chi connectivity index (χ1v) is 9.86. The molecule has 1 atom stereocenters. The second kappa shape index (κ2) is 6.86. The number of aryl methyl sites for hydroxylation is 1. The minimum Gasteiger partial charge on any atom is -0.486 e. The third-order valence-electron chi connectivity index (χ3n) is 4.24. The molecule has 2 aliphatic heterocycles. The van der Waals surface area contributed by atoms with Gasteiger partial charge in [-0.1, -0.05) is 13.0 Å². The van der Waals surface area contributed by atoms with Crippen molar-refractivity contribution >= 4 is 10.0 Å². The standard InChI is InChI=1S/C16H19N3O6S/c1-2-14-17-18-16(25-14)12-10-19(6-7-22-12)26(20,21)13-5-3-4-11-15(13)24-9-8-23-11/h3-5,12H,2,6-10H2,1H3. The normalized spacial score (nSPS) is 20.9. The second-order valence-corrected chi connectivity index (χ2v) is 7.80. The van der Waals surface area contributed by atoms with Crippen LogP contribution in [0.4, 0.5) is 0 Å². The topological polar surface area (TPSA) is 104 Å². The second-order valence-electron chi connectivity index (χ2n) is 5.89. The summed E-state index contributed by atoms with van der Waals surface area (Å²) in [7, 11) is -3.78. The van der Waals surface area contributed by atoms with Gasteiger partial charge in [0.25, 0.3) is 0 Å². The maximum absolute atomic E-state index is 13.2. The maximum Gasteiger partial charge on any atom is 0.247 e. The van der Waals surface area contributed by atoms with Gasteiger partial charge in [0.2, 0.25) is 21.8 Å². The number of hydrogen-bond acceptors (Lipinski definition) is 8. The minimum absolute atomic E-state index is 0.0927. The van der Waals surface area contributed by atoms with E-state index in [2.05, 4.69) is 10.2 Å². The van der Waals surface area contributed by atoms with Crippen LogP contribution in [0, 0.1) is 0 Å². The number of rotatable bonds is 4. The first-order chi connectivity index (χ1) is 12.6. The summed E-state index contributed by atoms with van der Waals surface area (Å²) < 4.78 is 49.9. The lowest BCUT2D eigenvalue weighted by Crippen LogP contribution is -2.42. The first-order valence-electron chi connectivity index (χ1n) is 8.42. The predicted octanol–water partition coefficient (Wildman–Crippen LogP) is 1.17. The zero-order valence-corrected chi connectivity index (χ0v) is 15.1. The van der Waals surface area contributed by atoms with E-state index in [0.29, 0.717) is 31.3 Å². The zero-order valence-electron chi connectivity index (χ0n) is 14.3. The van der Waals surface area contributed by atoms with E-state index in [4.69, 9.17) is 18.6 Å². The van der Waals surface area contributed by atoms with Gasteiger partial charge in [-0.3, -0.25) is 0 Å². The van der Waals surface area contributed by atoms with Crippen LogP contribution in [0.5, 0.6) is 11.5 Å². The van der Waals surface area contributed by atoms with Crippen LogP contribution in [0.25, 0.3) is 0 Å². The van der Waals surface area contributed by atoms with Crippen LogP contribution in [0.1, 0.15) is 24.8 Å². The number of ether oxygens (including phenoxy) is 3. The fourth-order valence-electron chi connectivity index (χ4n) is 2.92. The highest BCUT2D eigenvalue weighted by Crippen LogP contribution is 2.38. The quantitative estimate of drug-likeness (QED) is 0.777. The molecule has 1 saturated heterocycles. The van der Waals surface area contributed by atoms with E-state index in [-0.39, 0.29) is 36.2 Å².